The molecule has 1 saturated carbocycles. The van der Waals surface area contributed by atoms with E-state index in [1.165, 1.54) is 0 Å². The number of nitrogens with two attached hydrogens (primary N) is 1. The number of rotatable bonds is 5. The largest absolute Gasteiger partial charge is 0.486 e. The normalized spacial score (nSPS) is 25.6. The minimum absolute atomic E-state index is 0.0112. The highest BCUT2D eigenvalue weighted by Crippen LogP contribution is 2.40. The van der Waals surface area contributed by atoms with Crippen molar-refractivity contribution < 1.29 is 19.0 Å². The van der Waals surface area contributed by atoms with Gasteiger partial charge in [0.05, 0.1) is 10.6 Å². The SMILES string of the molecule is COC1(CN)CC(C(=O)NCc2cc(Cl)c3c(c2)OCCO3)C1. The summed E-state index contributed by atoms with van der Waals surface area (Å²) in [6, 6.07) is 3.64. The molecule has 2 aliphatic rings. The molecule has 0 radical (unpaired) electrons. The standard InChI is InChI=1S/C16H21ClN2O4/c1-21-16(9-18)6-11(7-16)15(20)19-8-10-4-12(17)14-13(5-10)22-2-3-23-14/h4-5,11H,2-3,6-9,18H2,1H3,(H,19,20). The fraction of sp³-hybridized carbons (Fsp3) is 0.562. The van der Waals surface area contributed by atoms with Crippen LogP contribution in [0.15, 0.2) is 12.1 Å². The summed E-state index contributed by atoms with van der Waals surface area (Å²) >= 11 is 6.19. The molecule has 0 spiro atoms. The maximum Gasteiger partial charge on any atom is 0.223 e. The summed E-state index contributed by atoms with van der Waals surface area (Å²) in [6.07, 6.45) is 1.32. The molecule has 1 aromatic rings. The van der Waals surface area contributed by atoms with E-state index in [1.54, 1.807) is 13.2 Å². The van der Waals surface area contributed by atoms with E-state index in [4.69, 9.17) is 31.5 Å². The van der Waals surface area contributed by atoms with Gasteiger partial charge in [-0.3, -0.25) is 4.79 Å². The highest BCUT2D eigenvalue weighted by atomic mass is 35.5. The Kier molecular flexibility index (Phi) is 4.66. The Balaban J connectivity index is 1.57. The van der Waals surface area contributed by atoms with Gasteiger partial charge in [0.25, 0.3) is 0 Å². The molecule has 0 atom stereocenters. The Morgan fingerprint density at radius 2 is 2.17 bits per heavy atom. The highest BCUT2D eigenvalue weighted by Gasteiger charge is 2.46. The molecule has 1 aliphatic carbocycles. The zero-order valence-corrected chi connectivity index (χ0v) is 13.8. The van der Waals surface area contributed by atoms with Gasteiger partial charge in [0.1, 0.15) is 13.2 Å². The monoisotopic (exact) mass is 340 g/mol. The molecule has 6 nitrogen and oxygen atoms in total. The zero-order valence-electron chi connectivity index (χ0n) is 13.1. The second-order valence-corrected chi connectivity index (χ2v) is 6.42. The predicted octanol–water partition coefficient (Wildman–Crippen LogP) is 1.48. The van der Waals surface area contributed by atoms with E-state index >= 15 is 0 Å². The van der Waals surface area contributed by atoms with Gasteiger partial charge in [0, 0.05) is 26.1 Å². The van der Waals surface area contributed by atoms with Crippen LogP contribution in [0.2, 0.25) is 5.02 Å². The summed E-state index contributed by atoms with van der Waals surface area (Å²) in [6.45, 7) is 1.83. The lowest BCUT2D eigenvalue weighted by Gasteiger charge is -2.44. The topological polar surface area (TPSA) is 82.8 Å². The molecule has 23 heavy (non-hydrogen) atoms. The van der Waals surface area contributed by atoms with Gasteiger partial charge in [-0.1, -0.05) is 11.6 Å². The Morgan fingerprint density at radius 3 is 2.87 bits per heavy atom. The molecule has 1 heterocycles. The third kappa shape index (κ3) is 3.24. The molecule has 3 rings (SSSR count). The molecule has 3 N–H and O–H groups in total. The average Bonchev–Trinajstić information content (AvgIpc) is 2.53. The molecule has 7 heteroatoms. The predicted molar refractivity (Wildman–Crippen MR) is 85.8 cm³/mol. The minimum atomic E-state index is -0.331. The van der Waals surface area contributed by atoms with E-state index in [2.05, 4.69) is 5.32 Å². The van der Waals surface area contributed by atoms with E-state index in [9.17, 15) is 4.79 Å². The number of carbonyl (C=O) groups is 1. The number of halogens is 1. The van der Waals surface area contributed by atoms with Crippen LogP contribution in [0, 0.1) is 5.92 Å². The maximum absolute atomic E-state index is 12.2. The number of fused-ring (bicyclic) bond motifs is 1. The first-order valence-corrected chi connectivity index (χ1v) is 8.05. The van der Waals surface area contributed by atoms with Crippen molar-refractivity contribution in [2.75, 3.05) is 26.9 Å². The van der Waals surface area contributed by atoms with E-state index in [1.807, 2.05) is 6.07 Å². The highest BCUT2D eigenvalue weighted by molar-refractivity contribution is 6.32. The third-order valence-electron chi connectivity index (χ3n) is 4.54. The van der Waals surface area contributed by atoms with Crippen molar-refractivity contribution >= 4 is 17.5 Å². The average molecular weight is 341 g/mol. The second kappa shape index (κ2) is 6.55. The Labute approximate surface area is 140 Å². The van der Waals surface area contributed by atoms with Gasteiger partial charge in [0.15, 0.2) is 11.5 Å². The van der Waals surface area contributed by atoms with Crippen LogP contribution in [-0.4, -0.2) is 38.4 Å². The van der Waals surface area contributed by atoms with E-state index < -0.39 is 0 Å². The summed E-state index contributed by atoms with van der Waals surface area (Å²) in [5.41, 5.74) is 6.24. The fourth-order valence-electron chi connectivity index (χ4n) is 3.04. The molecular formula is C16H21ClN2O4. The summed E-state index contributed by atoms with van der Waals surface area (Å²) in [5.74, 6) is 1.15. The molecule has 0 unspecified atom stereocenters. The van der Waals surface area contributed by atoms with Gasteiger partial charge in [-0.05, 0) is 30.5 Å². The van der Waals surface area contributed by atoms with Crippen molar-refractivity contribution in [3.8, 4) is 11.5 Å². The number of ether oxygens (including phenoxy) is 3. The first-order valence-electron chi connectivity index (χ1n) is 7.68. The first-order chi connectivity index (χ1) is 11.1. The van der Waals surface area contributed by atoms with E-state index in [0.29, 0.717) is 55.7 Å². The molecular weight excluding hydrogens is 320 g/mol. The number of amides is 1. The summed E-state index contributed by atoms with van der Waals surface area (Å²) in [4.78, 5) is 12.2. The number of hydrogen-bond donors (Lipinski definition) is 2. The van der Waals surface area contributed by atoms with Crippen molar-refractivity contribution in [1.29, 1.82) is 0 Å². The lowest BCUT2D eigenvalue weighted by atomic mass is 9.70. The van der Waals surface area contributed by atoms with Crippen LogP contribution < -0.4 is 20.5 Å². The van der Waals surface area contributed by atoms with Crippen molar-refractivity contribution in [1.82, 2.24) is 5.32 Å². The second-order valence-electron chi connectivity index (χ2n) is 6.02. The van der Waals surface area contributed by atoms with Crippen molar-refractivity contribution in [3.05, 3.63) is 22.7 Å². The Hall–Kier alpha value is -1.50. The summed E-state index contributed by atoms with van der Waals surface area (Å²) < 4.78 is 16.4. The van der Waals surface area contributed by atoms with Crippen LogP contribution in [0.4, 0.5) is 0 Å². The molecule has 1 aromatic carbocycles. The smallest absolute Gasteiger partial charge is 0.223 e. The van der Waals surface area contributed by atoms with Crippen LogP contribution in [-0.2, 0) is 16.1 Å². The summed E-state index contributed by atoms with van der Waals surface area (Å²) in [5, 5.41) is 3.43. The van der Waals surface area contributed by atoms with Gasteiger partial charge in [0.2, 0.25) is 5.91 Å². The van der Waals surface area contributed by atoms with Crippen molar-refractivity contribution in [2.24, 2.45) is 11.7 Å². The van der Waals surface area contributed by atoms with Crippen molar-refractivity contribution in [2.45, 2.75) is 25.0 Å². The Morgan fingerprint density at radius 1 is 1.43 bits per heavy atom. The lowest BCUT2D eigenvalue weighted by molar-refractivity contribution is -0.145. The quantitative estimate of drug-likeness (QED) is 0.848. The Bertz CT molecular complexity index is 596. The molecule has 0 aromatic heterocycles. The van der Waals surface area contributed by atoms with Gasteiger partial charge >= 0.3 is 0 Å². The molecule has 126 valence electrons. The third-order valence-corrected chi connectivity index (χ3v) is 4.82. The van der Waals surface area contributed by atoms with E-state index in [0.717, 1.165) is 5.56 Å². The fourth-order valence-corrected chi connectivity index (χ4v) is 3.33. The van der Waals surface area contributed by atoms with Gasteiger partial charge in [-0.2, -0.15) is 0 Å². The molecule has 0 saturated heterocycles. The maximum atomic E-state index is 12.2. The van der Waals surface area contributed by atoms with Crippen LogP contribution in [0.1, 0.15) is 18.4 Å². The number of benzene rings is 1. The van der Waals surface area contributed by atoms with Crippen LogP contribution in [0.3, 0.4) is 0 Å². The number of carbonyl (C=O) groups excluding carboxylic acids is 1. The number of hydrogen-bond acceptors (Lipinski definition) is 5. The van der Waals surface area contributed by atoms with Gasteiger partial charge in [-0.25, -0.2) is 0 Å². The molecule has 0 bridgehead atoms. The molecule has 1 amide bonds. The van der Waals surface area contributed by atoms with Crippen molar-refractivity contribution in [3.63, 3.8) is 0 Å². The van der Waals surface area contributed by atoms with Crippen LogP contribution in [0.25, 0.3) is 0 Å². The van der Waals surface area contributed by atoms with Gasteiger partial charge < -0.3 is 25.3 Å². The van der Waals surface area contributed by atoms with Crippen LogP contribution >= 0.6 is 11.6 Å². The number of methoxy groups -OCH3 is 1. The lowest BCUT2D eigenvalue weighted by Crippen LogP contribution is -2.55. The zero-order chi connectivity index (χ0) is 16.4. The molecule has 1 aliphatic heterocycles. The van der Waals surface area contributed by atoms with Crippen LogP contribution in [0.5, 0.6) is 11.5 Å². The molecule has 1 fully saturated rings. The minimum Gasteiger partial charge on any atom is -0.486 e. The van der Waals surface area contributed by atoms with E-state index in [-0.39, 0.29) is 17.4 Å². The van der Waals surface area contributed by atoms with Gasteiger partial charge in [-0.15, -0.1) is 0 Å². The number of nitrogens with one attached hydrogen (secondary N) is 1. The summed E-state index contributed by atoms with van der Waals surface area (Å²) in [7, 11) is 1.64. The first kappa shape index (κ1) is 16.4.